The van der Waals surface area contributed by atoms with Crippen molar-refractivity contribution in [2.24, 2.45) is 13.0 Å². The Morgan fingerprint density at radius 2 is 1.86 bits per heavy atom. The molecule has 36 heavy (non-hydrogen) atoms. The number of nitrogens with zero attached hydrogens (tertiary/aromatic N) is 2. The van der Waals surface area contributed by atoms with Gasteiger partial charge >= 0.3 is 6.18 Å². The molecule has 1 aliphatic rings. The van der Waals surface area contributed by atoms with E-state index in [-0.39, 0.29) is 9.90 Å². The van der Waals surface area contributed by atoms with Gasteiger partial charge in [-0.2, -0.15) is 18.3 Å². The Morgan fingerprint density at radius 1 is 1.14 bits per heavy atom. The second-order valence-electron chi connectivity index (χ2n) is 9.44. The maximum Gasteiger partial charge on any atom is 0.435 e. The van der Waals surface area contributed by atoms with Crippen molar-refractivity contribution in [3.05, 3.63) is 53.7 Å². The van der Waals surface area contributed by atoms with Crippen LogP contribution in [0.2, 0.25) is 0 Å². The van der Waals surface area contributed by atoms with Crippen LogP contribution in [0, 0.1) is 5.92 Å². The van der Waals surface area contributed by atoms with E-state index in [1.165, 1.54) is 51.3 Å². The van der Waals surface area contributed by atoms with Crippen molar-refractivity contribution in [3.8, 4) is 10.6 Å². The van der Waals surface area contributed by atoms with Gasteiger partial charge in [-0.05, 0) is 49.1 Å². The molecule has 1 fully saturated rings. The van der Waals surface area contributed by atoms with Crippen molar-refractivity contribution in [3.63, 3.8) is 0 Å². The Hall–Kier alpha value is -2.37. The second kappa shape index (κ2) is 10.9. The van der Waals surface area contributed by atoms with E-state index in [0.717, 1.165) is 40.0 Å². The molecule has 2 N–H and O–H groups in total. The molecule has 4 rings (SSSR count). The molecular formula is C25H31F3N4O2S2. The summed E-state index contributed by atoms with van der Waals surface area (Å²) < 4.78 is 69.1. The van der Waals surface area contributed by atoms with Crippen LogP contribution >= 0.6 is 11.3 Å². The number of sulfonamides is 1. The zero-order valence-electron chi connectivity index (χ0n) is 20.3. The van der Waals surface area contributed by atoms with E-state index in [0.29, 0.717) is 23.2 Å². The van der Waals surface area contributed by atoms with Crippen LogP contribution in [0.15, 0.2) is 46.7 Å². The standard InChI is InChI=1S/C25H31F3N4O2S2/c1-17(14-18-8-4-3-5-9-18)29-16-19-10-6-7-11-20(19)31-36(33,34)24-13-12-22(35-24)21-15-23(25(26,27)28)30-32(21)2/h6-7,10-13,15,17-18,29,31H,3-5,8-9,14,16H2,1-2H3/t17-/m0/s1. The third kappa shape index (κ3) is 6.49. The number of hydrogen-bond acceptors (Lipinski definition) is 5. The Morgan fingerprint density at radius 3 is 2.56 bits per heavy atom. The lowest BCUT2D eigenvalue weighted by molar-refractivity contribution is -0.141. The summed E-state index contributed by atoms with van der Waals surface area (Å²) in [4.78, 5) is 0.382. The first kappa shape index (κ1) is 26.7. The maximum atomic E-state index is 13.1. The van der Waals surface area contributed by atoms with Gasteiger partial charge in [0.05, 0.1) is 16.3 Å². The van der Waals surface area contributed by atoms with E-state index in [1.54, 1.807) is 12.1 Å². The first-order chi connectivity index (χ1) is 17.0. The number of alkyl halides is 3. The summed E-state index contributed by atoms with van der Waals surface area (Å²) >= 11 is 0.900. The number of anilines is 1. The molecule has 0 unspecified atom stereocenters. The van der Waals surface area contributed by atoms with Gasteiger partial charge in [-0.1, -0.05) is 50.3 Å². The molecule has 1 atom stereocenters. The van der Waals surface area contributed by atoms with E-state index < -0.39 is 21.9 Å². The lowest BCUT2D eigenvalue weighted by atomic mass is 9.85. The number of aromatic nitrogens is 2. The normalized spacial score (nSPS) is 16.2. The molecule has 0 bridgehead atoms. The van der Waals surface area contributed by atoms with E-state index in [4.69, 9.17) is 0 Å². The fourth-order valence-corrected chi connectivity index (χ4v) is 7.15. The number of para-hydroxylation sites is 1. The highest BCUT2D eigenvalue weighted by atomic mass is 32.2. The average molecular weight is 541 g/mol. The second-order valence-corrected chi connectivity index (χ2v) is 12.4. The molecule has 3 aromatic rings. The number of thiophene rings is 1. The molecule has 2 heterocycles. The van der Waals surface area contributed by atoms with Crippen molar-refractivity contribution in [1.29, 1.82) is 0 Å². The highest BCUT2D eigenvalue weighted by Gasteiger charge is 2.35. The summed E-state index contributed by atoms with van der Waals surface area (Å²) in [5.74, 6) is 0.745. The minimum absolute atomic E-state index is 0.0145. The van der Waals surface area contributed by atoms with E-state index in [2.05, 4.69) is 22.1 Å². The molecule has 11 heteroatoms. The maximum absolute atomic E-state index is 13.1. The van der Waals surface area contributed by atoms with Crippen molar-refractivity contribution in [2.45, 2.75) is 68.4 Å². The summed E-state index contributed by atoms with van der Waals surface area (Å²) in [5, 5.41) is 7.03. The fourth-order valence-electron chi connectivity index (χ4n) is 4.70. The number of aryl methyl sites for hydroxylation is 1. The van der Waals surface area contributed by atoms with Crippen LogP contribution in [0.4, 0.5) is 18.9 Å². The summed E-state index contributed by atoms with van der Waals surface area (Å²) in [5.41, 5.74) is 0.486. The number of nitrogens with one attached hydrogen (secondary N) is 2. The van der Waals surface area contributed by atoms with E-state index >= 15 is 0 Å². The lowest BCUT2D eigenvalue weighted by Gasteiger charge is -2.25. The molecule has 0 spiro atoms. The zero-order chi connectivity index (χ0) is 25.9. The van der Waals surface area contributed by atoms with Gasteiger partial charge in [0.2, 0.25) is 0 Å². The quantitative estimate of drug-likeness (QED) is 0.329. The SMILES string of the molecule is C[C@@H](CC1CCCCC1)NCc1ccccc1NS(=O)(=O)c1ccc(-c2cc(C(F)(F)F)nn2C)s1. The van der Waals surface area contributed by atoms with Crippen molar-refractivity contribution < 1.29 is 21.6 Å². The summed E-state index contributed by atoms with van der Waals surface area (Å²) in [6.45, 7) is 2.69. The first-order valence-electron chi connectivity index (χ1n) is 12.1. The van der Waals surface area contributed by atoms with Crippen molar-refractivity contribution in [2.75, 3.05) is 4.72 Å². The smallest absolute Gasteiger partial charge is 0.310 e. The van der Waals surface area contributed by atoms with Crippen LogP contribution in [-0.2, 0) is 29.8 Å². The van der Waals surface area contributed by atoms with Crippen LogP contribution in [0.1, 0.15) is 56.7 Å². The number of benzene rings is 1. The van der Waals surface area contributed by atoms with Gasteiger partial charge in [0.15, 0.2) is 5.69 Å². The molecular weight excluding hydrogens is 509 g/mol. The molecule has 0 aliphatic heterocycles. The minimum Gasteiger partial charge on any atom is -0.310 e. The molecule has 1 saturated carbocycles. The number of rotatable bonds is 9. The average Bonchev–Trinajstić information content (AvgIpc) is 3.46. The van der Waals surface area contributed by atoms with Crippen LogP contribution in [0.5, 0.6) is 0 Å². The van der Waals surface area contributed by atoms with Gasteiger partial charge in [-0.25, -0.2) is 8.42 Å². The van der Waals surface area contributed by atoms with Crippen LogP contribution in [0.25, 0.3) is 10.6 Å². The molecule has 0 amide bonds. The molecule has 0 saturated heterocycles. The summed E-state index contributed by atoms with van der Waals surface area (Å²) in [6.07, 6.45) is 3.02. The molecule has 1 aliphatic carbocycles. The third-order valence-electron chi connectivity index (χ3n) is 6.58. The largest absolute Gasteiger partial charge is 0.435 e. The van der Waals surface area contributed by atoms with Crippen LogP contribution < -0.4 is 10.0 Å². The van der Waals surface area contributed by atoms with Gasteiger partial charge in [-0.3, -0.25) is 9.40 Å². The van der Waals surface area contributed by atoms with Gasteiger partial charge in [0, 0.05) is 19.6 Å². The van der Waals surface area contributed by atoms with Gasteiger partial charge in [0.1, 0.15) is 4.21 Å². The van der Waals surface area contributed by atoms with E-state index in [1.807, 2.05) is 12.1 Å². The van der Waals surface area contributed by atoms with Crippen LogP contribution in [-0.4, -0.2) is 24.2 Å². The zero-order valence-corrected chi connectivity index (χ0v) is 21.9. The molecule has 2 aromatic heterocycles. The molecule has 196 valence electrons. The van der Waals surface area contributed by atoms with Crippen molar-refractivity contribution >= 4 is 27.0 Å². The summed E-state index contributed by atoms with van der Waals surface area (Å²) in [6, 6.07) is 11.4. The van der Waals surface area contributed by atoms with Gasteiger partial charge in [-0.15, -0.1) is 11.3 Å². The fraction of sp³-hybridized carbons (Fsp3) is 0.480. The molecule has 6 nitrogen and oxygen atoms in total. The van der Waals surface area contributed by atoms with Gasteiger partial charge in [0.25, 0.3) is 10.0 Å². The topological polar surface area (TPSA) is 76.0 Å². The minimum atomic E-state index is -4.57. The molecule has 1 aromatic carbocycles. The van der Waals surface area contributed by atoms with Crippen molar-refractivity contribution in [1.82, 2.24) is 15.1 Å². The predicted molar refractivity (Wildman–Crippen MR) is 136 cm³/mol. The lowest BCUT2D eigenvalue weighted by Crippen LogP contribution is -2.29. The van der Waals surface area contributed by atoms with E-state index in [9.17, 15) is 21.6 Å². The van der Waals surface area contributed by atoms with Crippen LogP contribution in [0.3, 0.4) is 0 Å². The highest BCUT2D eigenvalue weighted by molar-refractivity contribution is 7.94. The number of halogens is 3. The Labute approximate surface area is 214 Å². The Bertz CT molecular complexity index is 1280. The number of hydrogen-bond donors (Lipinski definition) is 2. The summed E-state index contributed by atoms with van der Waals surface area (Å²) in [7, 11) is -2.53. The molecule has 0 radical (unpaired) electrons. The monoisotopic (exact) mass is 540 g/mol. The Balaban J connectivity index is 1.45. The highest BCUT2D eigenvalue weighted by Crippen LogP contribution is 2.36. The third-order valence-corrected chi connectivity index (χ3v) is 9.55. The Kier molecular flexibility index (Phi) is 8.11. The van der Waals surface area contributed by atoms with Gasteiger partial charge < -0.3 is 5.32 Å². The predicted octanol–water partition coefficient (Wildman–Crippen LogP) is 6.42. The first-order valence-corrected chi connectivity index (χ1v) is 14.4.